The molecule has 150 valence electrons. The molecular formula is C25H34N2O. The van der Waals surface area contributed by atoms with Gasteiger partial charge in [0.25, 0.3) is 0 Å². The topological polar surface area (TPSA) is 25.4 Å². The molecule has 0 spiro atoms. The molecule has 2 aromatic rings. The molecule has 0 fully saturated rings. The van der Waals surface area contributed by atoms with Gasteiger partial charge in [-0.15, -0.1) is 0 Å². The van der Waals surface area contributed by atoms with Crippen molar-refractivity contribution in [2.45, 2.75) is 66.5 Å². The van der Waals surface area contributed by atoms with Crippen LogP contribution in [0.25, 0.3) is 5.57 Å². The Balaban J connectivity index is 1.90. The van der Waals surface area contributed by atoms with Crippen molar-refractivity contribution in [1.82, 2.24) is 9.88 Å². The van der Waals surface area contributed by atoms with Gasteiger partial charge in [0, 0.05) is 30.4 Å². The summed E-state index contributed by atoms with van der Waals surface area (Å²) in [4.78, 5) is 7.28. The van der Waals surface area contributed by atoms with Crippen LogP contribution in [0.1, 0.15) is 62.9 Å². The van der Waals surface area contributed by atoms with Crippen molar-refractivity contribution >= 4 is 5.57 Å². The van der Waals surface area contributed by atoms with Crippen molar-refractivity contribution < 1.29 is 4.74 Å². The van der Waals surface area contributed by atoms with Crippen molar-refractivity contribution in [1.29, 1.82) is 0 Å². The fourth-order valence-electron chi connectivity index (χ4n) is 3.88. The summed E-state index contributed by atoms with van der Waals surface area (Å²) in [6.45, 7) is 16.2. The number of benzene rings is 1. The molecule has 0 radical (unpaired) electrons. The molecule has 3 rings (SSSR count). The van der Waals surface area contributed by atoms with Crippen molar-refractivity contribution in [3.05, 3.63) is 64.4 Å². The van der Waals surface area contributed by atoms with Gasteiger partial charge in [-0.25, -0.2) is 4.98 Å². The van der Waals surface area contributed by atoms with E-state index in [9.17, 15) is 0 Å². The van der Waals surface area contributed by atoms with Crippen LogP contribution in [0.4, 0.5) is 0 Å². The highest BCUT2D eigenvalue weighted by atomic mass is 16.5. The lowest BCUT2D eigenvalue weighted by atomic mass is 9.87. The summed E-state index contributed by atoms with van der Waals surface area (Å²) in [5, 5.41) is 0. The van der Waals surface area contributed by atoms with Gasteiger partial charge in [0.05, 0.1) is 0 Å². The van der Waals surface area contributed by atoms with E-state index in [2.05, 4.69) is 64.6 Å². The van der Waals surface area contributed by atoms with Crippen molar-refractivity contribution in [3.8, 4) is 5.88 Å². The third-order valence-corrected chi connectivity index (χ3v) is 5.86. The molecule has 3 nitrogen and oxygen atoms in total. The average Bonchev–Trinajstić information content (AvgIpc) is 2.68. The Morgan fingerprint density at radius 1 is 1.11 bits per heavy atom. The summed E-state index contributed by atoms with van der Waals surface area (Å²) in [5.41, 5.74) is 8.06. The molecule has 0 unspecified atom stereocenters. The number of pyridine rings is 1. The SMILES string of the molecule is CCC1=C(c2cc(OCc3ccccc3)nc(C)c2C)CCN(C(C)(C)C)C1. The lowest BCUT2D eigenvalue weighted by molar-refractivity contribution is 0.147. The summed E-state index contributed by atoms with van der Waals surface area (Å²) >= 11 is 0. The molecule has 0 saturated heterocycles. The van der Waals surface area contributed by atoms with Crippen LogP contribution in [0.15, 0.2) is 42.0 Å². The molecule has 0 amide bonds. The minimum atomic E-state index is 0.207. The van der Waals surface area contributed by atoms with Gasteiger partial charge < -0.3 is 4.74 Å². The van der Waals surface area contributed by atoms with E-state index in [1.54, 1.807) is 5.57 Å². The third-order valence-electron chi connectivity index (χ3n) is 5.86. The Bertz CT molecular complexity index is 847. The fourth-order valence-corrected chi connectivity index (χ4v) is 3.88. The van der Waals surface area contributed by atoms with E-state index in [4.69, 9.17) is 9.72 Å². The summed E-state index contributed by atoms with van der Waals surface area (Å²) in [6.07, 6.45) is 2.17. The van der Waals surface area contributed by atoms with Crippen LogP contribution in [-0.4, -0.2) is 28.5 Å². The molecule has 1 aliphatic rings. The van der Waals surface area contributed by atoms with Gasteiger partial charge in [0.1, 0.15) is 6.61 Å². The second-order valence-electron chi connectivity index (χ2n) is 8.77. The Morgan fingerprint density at radius 2 is 1.82 bits per heavy atom. The summed E-state index contributed by atoms with van der Waals surface area (Å²) < 4.78 is 6.06. The second kappa shape index (κ2) is 8.48. The van der Waals surface area contributed by atoms with Gasteiger partial charge in [-0.2, -0.15) is 0 Å². The van der Waals surface area contributed by atoms with Crippen LogP contribution in [-0.2, 0) is 6.61 Å². The highest BCUT2D eigenvalue weighted by molar-refractivity contribution is 5.73. The quantitative estimate of drug-likeness (QED) is 0.643. The van der Waals surface area contributed by atoms with Gasteiger partial charge in [0.15, 0.2) is 0 Å². The van der Waals surface area contributed by atoms with Crippen molar-refractivity contribution in [2.24, 2.45) is 0 Å². The van der Waals surface area contributed by atoms with E-state index in [1.807, 2.05) is 18.2 Å². The lowest BCUT2D eigenvalue weighted by Crippen LogP contribution is -2.45. The first-order valence-electron chi connectivity index (χ1n) is 10.4. The number of hydrogen-bond acceptors (Lipinski definition) is 3. The third kappa shape index (κ3) is 4.64. The molecule has 3 heteroatoms. The maximum atomic E-state index is 6.06. The van der Waals surface area contributed by atoms with Gasteiger partial charge in [-0.1, -0.05) is 42.8 Å². The van der Waals surface area contributed by atoms with Crippen LogP contribution in [0.5, 0.6) is 5.88 Å². The molecule has 0 atom stereocenters. The number of aromatic nitrogens is 1. The first-order chi connectivity index (χ1) is 13.3. The van der Waals surface area contributed by atoms with Crippen LogP contribution in [0.3, 0.4) is 0 Å². The number of ether oxygens (including phenoxy) is 1. The maximum absolute atomic E-state index is 6.06. The summed E-state index contributed by atoms with van der Waals surface area (Å²) in [5.74, 6) is 0.725. The predicted molar refractivity (Wildman–Crippen MR) is 118 cm³/mol. The largest absolute Gasteiger partial charge is 0.473 e. The maximum Gasteiger partial charge on any atom is 0.214 e. The van der Waals surface area contributed by atoms with Crippen molar-refractivity contribution in [2.75, 3.05) is 13.1 Å². The van der Waals surface area contributed by atoms with Gasteiger partial charge >= 0.3 is 0 Å². The first-order valence-corrected chi connectivity index (χ1v) is 10.4. The molecule has 2 heterocycles. The molecule has 0 aliphatic carbocycles. The molecule has 1 aliphatic heterocycles. The number of hydrogen-bond donors (Lipinski definition) is 0. The Kier molecular flexibility index (Phi) is 6.24. The highest BCUT2D eigenvalue weighted by Gasteiger charge is 2.27. The smallest absolute Gasteiger partial charge is 0.214 e. The van der Waals surface area contributed by atoms with E-state index in [-0.39, 0.29) is 5.54 Å². The van der Waals surface area contributed by atoms with Crippen molar-refractivity contribution in [3.63, 3.8) is 0 Å². The zero-order chi connectivity index (χ0) is 20.3. The molecule has 0 N–H and O–H groups in total. The molecular weight excluding hydrogens is 344 g/mol. The average molecular weight is 379 g/mol. The zero-order valence-electron chi connectivity index (χ0n) is 18.3. The van der Waals surface area contributed by atoms with E-state index in [1.165, 1.54) is 16.7 Å². The number of rotatable bonds is 5. The molecule has 0 saturated carbocycles. The van der Waals surface area contributed by atoms with Crippen LogP contribution < -0.4 is 4.74 Å². The van der Waals surface area contributed by atoms with E-state index in [0.717, 1.165) is 43.1 Å². The summed E-state index contributed by atoms with van der Waals surface area (Å²) in [7, 11) is 0. The Labute approximate surface area is 170 Å². The first kappa shape index (κ1) is 20.6. The molecule has 0 bridgehead atoms. The minimum absolute atomic E-state index is 0.207. The van der Waals surface area contributed by atoms with Gasteiger partial charge in [-0.3, -0.25) is 4.90 Å². The van der Waals surface area contributed by atoms with E-state index >= 15 is 0 Å². The lowest BCUT2D eigenvalue weighted by Gasteiger charge is -2.40. The zero-order valence-corrected chi connectivity index (χ0v) is 18.3. The normalized spacial score (nSPS) is 15.8. The summed E-state index contributed by atoms with van der Waals surface area (Å²) in [6, 6.07) is 12.4. The minimum Gasteiger partial charge on any atom is -0.473 e. The molecule has 1 aromatic carbocycles. The Morgan fingerprint density at radius 3 is 2.46 bits per heavy atom. The molecule has 28 heavy (non-hydrogen) atoms. The van der Waals surface area contributed by atoms with Gasteiger partial charge in [-0.05, 0) is 69.7 Å². The fraction of sp³-hybridized carbons (Fsp3) is 0.480. The van der Waals surface area contributed by atoms with Crippen LogP contribution >= 0.6 is 0 Å². The predicted octanol–water partition coefficient (Wildman–Crippen LogP) is 5.95. The van der Waals surface area contributed by atoms with E-state index < -0.39 is 0 Å². The van der Waals surface area contributed by atoms with Crippen LogP contribution in [0, 0.1) is 13.8 Å². The molecule has 1 aromatic heterocycles. The second-order valence-corrected chi connectivity index (χ2v) is 8.77. The van der Waals surface area contributed by atoms with Crippen LogP contribution in [0.2, 0.25) is 0 Å². The monoisotopic (exact) mass is 378 g/mol. The highest BCUT2D eigenvalue weighted by Crippen LogP contribution is 2.35. The standard InChI is InChI=1S/C25H34N2O/c1-7-21-16-27(25(4,5)6)14-13-22(21)23-15-24(26-19(3)18(23)2)28-17-20-11-9-8-10-12-20/h8-12,15H,7,13-14,16-17H2,1-6H3. The number of aryl methyl sites for hydroxylation is 1. The van der Waals surface area contributed by atoms with Gasteiger partial charge in [0.2, 0.25) is 5.88 Å². The number of nitrogens with zero attached hydrogens (tertiary/aromatic N) is 2. The van der Waals surface area contributed by atoms with E-state index in [0.29, 0.717) is 6.61 Å². The Hall–Kier alpha value is -2.13.